The number of aliphatic hydroxyl groups excluding tert-OH is 1. The van der Waals surface area contributed by atoms with Crippen LogP contribution in [0.2, 0.25) is 0 Å². The van der Waals surface area contributed by atoms with Crippen molar-refractivity contribution in [1.82, 2.24) is 10.6 Å². The second kappa shape index (κ2) is 8.46. The van der Waals surface area contributed by atoms with Crippen LogP contribution in [-0.4, -0.2) is 54.0 Å². The van der Waals surface area contributed by atoms with Gasteiger partial charge in [-0.15, -0.1) is 0 Å². The van der Waals surface area contributed by atoms with Gasteiger partial charge in [0.2, 0.25) is 0 Å². The Hall–Kier alpha value is -1.83. The summed E-state index contributed by atoms with van der Waals surface area (Å²) in [5, 5.41) is 14.3. The number of hydrogen-bond acceptors (Lipinski definition) is 6. The topological polar surface area (TPSA) is 114 Å². The van der Waals surface area contributed by atoms with Crippen molar-refractivity contribution < 1.29 is 29.0 Å². The van der Waals surface area contributed by atoms with Crippen LogP contribution in [0, 0.1) is 0 Å². The number of alkyl carbamates (subject to hydrolysis) is 1. The first-order valence-corrected chi connectivity index (χ1v) is 6.67. The lowest BCUT2D eigenvalue weighted by molar-refractivity contribution is -0.144. The van der Waals surface area contributed by atoms with Gasteiger partial charge in [-0.1, -0.05) is 0 Å². The van der Waals surface area contributed by atoms with E-state index in [2.05, 4.69) is 15.4 Å². The summed E-state index contributed by atoms with van der Waals surface area (Å²) in [5.74, 6) is -1.39. The molecule has 2 amide bonds. The molecule has 8 heteroatoms. The minimum absolute atomic E-state index is 0.202. The lowest BCUT2D eigenvalue weighted by Crippen LogP contribution is -2.50. The van der Waals surface area contributed by atoms with E-state index in [0.717, 1.165) is 0 Å². The number of hydrogen-bond donors (Lipinski definition) is 3. The van der Waals surface area contributed by atoms with Gasteiger partial charge in [0.05, 0.1) is 12.6 Å². The molecule has 21 heavy (non-hydrogen) atoms. The third-order valence-corrected chi connectivity index (χ3v) is 2.20. The highest BCUT2D eigenvalue weighted by atomic mass is 16.6. The summed E-state index contributed by atoms with van der Waals surface area (Å²) in [6.07, 6.45) is -2.25. The molecular formula is C13H24N2O6. The van der Waals surface area contributed by atoms with Crippen LogP contribution in [0.15, 0.2) is 0 Å². The lowest BCUT2D eigenvalue weighted by atomic mass is 10.1. The van der Waals surface area contributed by atoms with Crippen LogP contribution in [0.4, 0.5) is 4.79 Å². The third kappa shape index (κ3) is 8.85. The van der Waals surface area contributed by atoms with Gasteiger partial charge in [-0.2, -0.15) is 0 Å². The van der Waals surface area contributed by atoms with Gasteiger partial charge in [0.15, 0.2) is 6.10 Å². The molecule has 0 aliphatic heterocycles. The minimum Gasteiger partial charge on any atom is -0.465 e. The Labute approximate surface area is 124 Å². The zero-order valence-corrected chi connectivity index (χ0v) is 13.1. The Bertz CT molecular complexity index is 377. The summed E-state index contributed by atoms with van der Waals surface area (Å²) in [5.41, 5.74) is -0.680. The average Bonchev–Trinajstić information content (AvgIpc) is 2.32. The predicted molar refractivity (Wildman–Crippen MR) is 74.5 cm³/mol. The van der Waals surface area contributed by atoms with E-state index in [1.54, 1.807) is 27.7 Å². The molecule has 0 heterocycles. The van der Waals surface area contributed by atoms with Gasteiger partial charge in [-0.3, -0.25) is 9.59 Å². The summed E-state index contributed by atoms with van der Waals surface area (Å²) in [6, 6.07) is -0.873. The molecule has 0 radical (unpaired) electrons. The van der Waals surface area contributed by atoms with Crippen LogP contribution in [0.25, 0.3) is 0 Å². The van der Waals surface area contributed by atoms with Gasteiger partial charge in [0.25, 0.3) is 5.91 Å². The lowest BCUT2D eigenvalue weighted by Gasteiger charge is -2.23. The van der Waals surface area contributed by atoms with E-state index in [9.17, 15) is 19.5 Å². The first-order valence-electron chi connectivity index (χ1n) is 6.67. The van der Waals surface area contributed by atoms with Crippen LogP contribution in [-0.2, 0) is 19.1 Å². The fraction of sp³-hybridized carbons (Fsp3) is 0.769. The fourth-order valence-electron chi connectivity index (χ4n) is 1.28. The van der Waals surface area contributed by atoms with Crippen LogP contribution in [0.5, 0.6) is 0 Å². The van der Waals surface area contributed by atoms with Crippen LogP contribution < -0.4 is 10.6 Å². The van der Waals surface area contributed by atoms with Gasteiger partial charge in [0, 0.05) is 0 Å². The molecule has 0 spiro atoms. The fourth-order valence-corrected chi connectivity index (χ4v) is 1.28. The highest BCUT2D eigenvalue weighted by Crippen LogP contribution is 2.07. The molecule has 0 saturated heterocycles. The quantitative estimate of drug-likeness (QED) is 0.592. The van der Waals surface area contributed by atoms with Gasteiger partial charge in [-0.25, -0.2) is 4.79 Å². The molecule has 2 atom stereocenters. The number of amides is 2. The molecule has 0 aromatic carbocycles. The second-order valence-electron chi connectivity index (χ2n) is 5.40. The van der Waals surface area contributed by atoms with Crippen molar-refractivity contribution in [1.29, 1.82) is 0 Å². The molecule has 3 N–H and O–H groups in total. The predicted octanol–water partition coefficient (Wildman–Crippen LogP) is -0.0602. The maximum Gasteiger partial charge on any atom is 0.407 e. The highest BCUT2D eigenvalue weighted by molar-refractivity contribution is 5.85. The van der Waals surface area contributed by atoms with E-state index in [4.69, 9.17) is 4.74 Å². The summed E-state index contributed by atoms with van der Waals surface area (Å²) in [6.45, 7) is 8.02. The number of rotatable bonds is 6. The van der Waals surface area contributed by atoms with Crippen molar-refractivity contribution in [3.63, 3.8) is 0 Å². The van der Waals surface area contributed by atoms with Crippen molar-refractivity contribution in [3.8, 4) is 0 Å². The van der Waals surface area contributed by atoms with E-state index < -0.39 is 35.7 Å². The zero-order chi connectivity index (χ0) is 16.6. The first kappa shape index (κ1) is 19.2. The Kier molecular flexibility index (Phi) is 7.72. The molecule has 2 unspecified atom stereocenters. The van der Waals surface area contributed by atoms with E-state index in [-0.39, 0.29) is 13.2 Å². The molecule has 0 bridgehead atoms. The normalized spacial score (nSPS) is 13.8. The Balaban J connectivity index is 4.24. The molecule has 0 fully saturated rings. The number of carbonyl (C=O) groups is 3. The van der Waals surface area contributed by atoms with Crippen molar-refractivity contribution >= 4 is 18.0 Å². The second-order valence-corrected chi connectivity index (χ2v) is 5.40. The molecule has 8 nitrogen and oxygen atoms in total. The molecule has 0 aliphatic carbocycles. The molecule has 0 rings (SSSR count). The summed E-state index contributed by atoms with van der Waals surface area (Å²) >= 11 is 0. The Morgan fingerprint density at radius 2 is 1.81 bits per heavy atom. The highest BCUT2D eigenvalue weighted by Gasteiger charge is 2.26. The Morgan fingerprint density at radius 1 is 1.24 bits per heavy atom. The summed E-state index contributed by atoms with van der Waals surface area (Å²) in [7, 11) is 0. The van der Waals surface area contributed by atoms with Crippen molar-refractivity contribution in [3.05, 3.63) is 0 Å². The Morgan fingerprint density at radius 3 is 2.29 bits per heavy atom. The van der Waals surface area contributed by atoms with Gasteiger partial charge in [-0.05, 0) is 34.6 Å². The van der Waals surface area contributed by atoms with Crippen LogP contribution in [0.3, 0.4) is 0 Å². The smallest absolute Gasteiger partial charge is 0.407 e. The van der Waals surface area contributed by atoms with Crippen molar-refractivity contribution in [2.24, 2.45) is 0 Å². The van der Waals surface area contributed by atoms with Crippen LogP contribution >= 0.6 is 0 Å². The SMILES string of the molecule is CCOC(=O)CNC(=O)C(O)C(C)NC(=O)OC(C)(C)C. The summed E-state index contributed by atoms with van der Waals surface area (Å²) < 4.78 is 9.63. The van der Waals surface area contributed by atoms with Gasteiger partial charge < -0.3 is 25.2 Å². The number of aliphatic hydroxyl groups is 1. The van der Waals surface area contributed by atoms with Crippen molar-refractivity contribution in [2.75, 3.05) is 13.2 Å². The van der Waals surface area contributed by atoms with E-state index in [1.165, 1.54) is 6.92 Å². The standard InChI is InChI=1S/C13H24N2O6/c1-6-20-9(16)7-14-11(18)10(17)8(2)15-12(19)21-13(3,4)5/h8,10,17H,6-7H2,1-5H3,(H,14,18)(H,15,19). The molecule has 122 valence electrons. The molecule has 0 aliphatic rings. The van der Waals surface area contributed by atoms with E-state index >= 15 is 0 Å². The van der Waals surface area contributed by atoms with E-state index in [1.807, 2.05) is 0 Å². The van der Waals surface area contributed by atoms with Crippen molar-refractivity contribution in [2.45, 2.75) is 52.4 Å². The summed E-state index contributed by atoms with van der Waals surface area (Å²) in [4.78, 5) is 34.2. The van der Waals surface area contributed by atoms with Gasteiger partial charge >= 0.3 is 12.1 Å². The maximum absolute atomic E-state index is 11.6. The van der Waals surface area contributed by atoms with E-state index in [0.29, 0.717) is 0 Å². The zero-order valence-electron chi connectivity index (χ0n) is 13.1. The molecule has 0 saturated carbocycles. The monoisotopic (exact) mass is 304 g/mol. The minimum atomic E-state index is -1.51. The number of carbonyl (C=O) groups excluding carboxylic acids is 3. The molecule has 0 aromatic heterocycles. The maximum atomic E-state index is 11.6. The third-order valence-electron chi connectivity index (χ3n) is 2.20. The first-order chi connectivity index (χ1) is 9.56. The number of nitrogens with one attached hydrogen (secondary N) is 2. The molecular weight excluding hydrogens is 280 g/mol. The average molecular weight is 304 g/mol. The number of esters is 1. The van der Waals surface area contributed by atoms with Crippen LogP contribution in [0.1, 0.15) is 34.6 Å². The van der Waals surface area contributed by atoms with Gasteiger partial charge in [0.1, 0.15) is 12.1 Å². The largest absolute Gasteiger partial charge is 0.465 e. The number of ether oxygens (including phenoxy) is 2. The molecule has 0 aromatic rings.